The molecule has 1 N–H and O–H groups in total. The molecule has 0 aromatic heterocycles. The van der Waals surface area contributed by atoms with Crippen LogP contribution in [0, 0.1) is 19.3 Å². The van der Waals surface area contributed by atoms with Crippen molar-refractivity contribution < 1.29 is 45.4 Å². The summed E-state index contributed by atoms with van der Waals surface area (Å²) in [7, 11) is 0. The Bertz CT molecular complexity index is 923. The summed E-state index contributed by atoms with van der Waals surface area (Å²) < 4.78 is 98.5. The maximum Gasteiger partial charge on any atom is 0.460 e. The van der Waals surface area contributed by atoms with Crippen LogP contribution in [0.25, 0.3) is 0 Å². The SMILES string of the molecule is Cc1ccc(OCC(=O)N2N=C(C(F)(F)C(F)(F)C(F)(F)F)C[C@@]2(O)C(C)(C)C)cc1C. The van der Waals surface area contributed by atoms with Gasteiger partial charge in [0.15, 0.2) is 12.3 Å². The molecule has 0 radical (unpaired) electrons. The van der Waals surface area contributed by atoms with Crippen LogP contribution in [-0.4, -0.2) is 52.1 Å². The van der Waals surface area contributed by atoms with Gasteiger partial charge in [-0.15, -0.1) is 0 Å². The number of halogens is 7. The summed E-state index contributed by atoms with van der Waals surface area (Å²) in [5.74, 6) is -13.2. The molecule has 0 aliphatic carbocycles. The Morgan fingerprint density at radius 3 is 2.12 bits per heavy atom. The van der Waals surface area contributed by atoms with E-state index in [4.69, 9.17) is 4.74 Å². The van der Waals surface area contributed by atoms with Crippen molar-refractivity contribution in [3.63, 3.8) is 0 Å². The average molecular weight is 472 g/mol. The molecule has 0 fully saturated rings. The molecule has 0 saturated carbocycles. The Labute approximate surface area is 179 Å². The van der Waals surface area contributed by atoms with E-state index in [-0.39, 0.29) is 10.8 Å². The second-order valence-corrected chi connectivity index (χ2v) is 8.68. The molecule has 180 valence electrons. The summed E-state index contributed by atoms with van der Waals surface area (Å²) in [6.07, 6.45) is -7.99. The minimum Gasteiger partial charge on any atom is -0.484 e. The van der Waals surface area contributed by atoms with Crippen LogP contribution in [0.5, 0.6) is 5.75 Å². The molecule has 2 rings (SSSR count). The number of aryl methyl sites for hydroxylation is 2. The molecule has 0 unspecified atom stereocenters. The fourth-order valence-electron chi connectivity index (χ4n) is 2.94. The first kappa shape index (κ1) is 25.9. The Morgan fingerprint density at radius 1 is 1.09 bits per heavy atom. The highest BCUT2D eigenvalue weighted by Gasteiger charge is 2.76. The molecule has 1 aliphatic heterocycles. The molecule has 1 heterocycles. The van der Waals surface area contributed by atoms with Crippen LogP contribution in [0.3, 0.4) is 0 Å². The van der Waals surface area contributed by atoms with Crippen molar-refractivity contribution in [3.8, 4) is 5.75 Å². The maximum absolute atomic E-state index is 14.2. The second kappa shape index (κ2) is 7.89. The van der Waals surface area contributed by atoms with Crippen molar-refractivity contribution in [2.24, 2.45) is 10.5 Å². The Hall–Kier alpha value is -2.37. The molecular weight excluding hydrogens is 449 g/mol. The van der Waals surface area contributed by atoms with Crippen LogP contribution in [0.4, 0.5) is 30.7 Å². The zero-order chi connectivity index (χ0) is 24.9. The summed E-state index contributed by atoms with van der Waals surface area (Å²) >= 11 is 0. The summed E-state index contributed by atoms with van der Waals surface area (Å²) in [5.41, 5.74) is -4.27. The fraction of sp³-hybridized carbons (Fsp3) is 0.600. The molecule has 0 spiro atoms. The largest absolute Gasteiger partial charge is 0.484 e. The standard InChI is InChI=1S/C20H23F7N2O3/c1-11-6-7-13(8-12(11)2)32-10-15(30)29-17(31,16(3,4)5)9-14(28-29)18(21,22)19(23,24)20(25,26)27/h6-8,31H,9-10H2,1-5H3/t17-/m1/s1. The molecular formula is C20H23F7N2O3. The average Bonchev–Trinajstić information content (AvgIpc) is 3.01. The number of ether oxygens (including phenoxy) is 1. The van der Waals surface area contributed by atoms with Crippen LogP contribution in [0.2, 0.25) is 0 Å². The van der Waals surface area contributed by atoms with Gasteiger partial charge < -0.3 is 9.84 Å². The minimum atomic E-state index is -6.58. The summed E-state index contributed by atoms with van der Waals surface area (Å²) in [6.45, 7) is 6.62. The summed E-state index contributed by atoms with van der Waals surface area (Å²) in [4.78, 5) is 12.6. The van der Waals surface area contributed by atoms with Gasteiger partial charge in [0.2, 0.25) is 0 Å². The lowest BCUT2D eigenvalue weighted by Crippen LogP contribution is -2.58. The van der Waals surface area contributed by atoms with E-state index < -0.39 is 53.8 Å². The number of hydrogen-bond donors (Lipinski definition) is 1. The second-order valence-electron chi connectivity index (χ2n) is 8.68. The first-order valence-electron chi connectivity index (χ1n) is 9.41. The lowest BCUT2D eigenvalue weighted by molar-refractivity contribution is -0.336. The van der Waals surface area contributed by atoms with E-state index in [1.807, 2.05) is 6.92 Å². The number of rotatable bonds is 5. The van der Waals surface area contributed by atoms with Crippen molar-refractivity contribution in [2.45, 2.75) is 64.8 Å². The molecule has 12 heteroatoms. The molecule has 1 aromatic carbocycles. The Balaban J connectivity index is 2.39. The van der Waals surface area contributed by atoms with Gasteiger partial charge in [0.25, 0.3) is 5.91 Å². The minimum absolute atomic E-state index is 0.101. The number of hydrogen-bond acceptors (Lipinski definition) is 4. The van der Waals surface area contributed by atoms with Gasteiger partial charge in [0.05, 0.1) is 0 Å². The van der Waals surface area contributed by atoms with Crippen molar-refractivity contribution in [2.75, 3.05) is 6.61 Å². The molecule has 5 nitrogen and oxygen atoms in total. The fourth-order valence-corrected chi connectivity index (χ4v) is 2.94. The van der Waals surface area contributed by atoms with E-state index in [2.05, 4.69) is 5.10 Å². The van der Waals surface area contributed by atoms with Crippen molar-refractivity contribution in [3.05, 3.63) is 29.3 Å². The highest BCUT2D eigenvalue weighted by Crippen LogP contribution is 2.51. The van der Waals surface area contributed by atoms with Gasteiger partial charge in [-0.2, -0.15) is 40.8 Å². The highest BCUT2D eigenvalue weighted by atomic mass is 19.4. The van der Waals surface area contributed by atoms with Gasteiger partial charge in [-0.25, -0.2) is 0 Å². The number of benzene rings is 1. The van der Waals surface area contributed by atoms with E-state index in [1.54, 1.807) is 19.1 Å². The van der Waals surface area contributed by atoms with Gasteiger partial charge in [-0.1, -0.05) is 26.8 Å². The molecule has 1 atom stereocenters. The van der Waals surface area contributed by atoms with Crippen LogP contribution >= 0.6 is 0 Å². The number of carbonyl (C=O) groups excluding carboxylic acids is 1. The number of hydrazone groups is 1. The first-order chi connectivity index (χ1) is 14.3. The van der Waals surface area contributed by atoms with Crippen molar-refractivity contribution in [1.29, 1.82) is 0 Å². The molecule has 32 heavy (non-hydrogen) atoms. The van der Waals surface area contributed by atoms with Gasteiger partial charge in [-0.3, -0.25) is 4.79 Å². The third-order valence-electron chi connectivity index (χ3n) is 5.38. The van der Waals surface area contributed by atoms with E-state index in [0.29, 0.717) is 0 Å². The molecule has 1 aliphatic rings. The Kier molecular flexibility index (Phi) is 6.38. The lowest BCUT2D eigenvalue weighted by Gasteiger charge is -2.41. The predicted molar refractivity (Wildman–Crippen MR) is 101 cm³/mol. The number of nitrogens with zero attached hydrogens (tertiary/aromatic N) is 2. The van der Waals surface area contributed by atoms with Crippen molar-refractivity contribution >= 4 is 11.6 Å². The number of aliphatic hydroxyl groups is 1. The quantitative estimate of drug-likeness (QED) is 0.624. The highest BCUT2D eigenvalue weighted by molar-refractivity contribution is 5.96. The molecule has 1 amide bonds. The zero-order valence-electron chi connectivity index (χ0n) is 18.0. The van der Waals surface area contributed by atoms with E-state index in [9.17, 15) is 40.6 Å². The van der Waals surface area contributed by atoms with Gasteiger partial charge >= 0.3 is 18.0 Å². The molecule has 1 aromatic rings. The van der Waals surface area contributed by atoms with Crippen LogP contribution in [-0.2, 0) is 4.79 Å². The van der Waals surface area contributed by atoms with Gasteiger partial charge in [-0.05, 0) is 37.1 Å². The van der Waals surface area contributed by atoms with E-state index in [1.165, 1.54) is 26.8 Å². The monoisotopic (exact) mass is 472 g/mol. The van der Waals surface area contributed by atoms with E-state index in [0.717, 1.165) is 11.1 Å². The van der Waals surface area contributed by atoms with Crippen LogP contribution in [0.15, 0.2) is 23.3 Å². The predicted octanol–water partition coefficient (Wildman–Crippen LogP) is 4.84. The van der Waals surface area contributed by atoms with Crippen LogP contribution in [0.1, 0.15) is 38.3 Å². The topological polar surface area (TPSA) is 62.1 Å². The van der Waals surface area contributed by atoms with Crippen molar-refractivity contribution in [1.82, 2.24) is 5.01 Å². The zero-order valence-corrected chi connectivity index (χ0v) is 18.0. The summed E-state index contributed by atoms with van der Waals surface area (Å²) in [6, 6.07) is 4.78. The number of amides is 1. The summed E-state index contributed by atoms with van der Waals surface area (Å²) in [5, 5.41) is 14.1. The Morgan fingerprint density at radius 2 is 1.66 bits per heavy atom. The van der Waals surface area contributed by atoms with Gasteiger partial charge in [0, 0.05) is 11.8 Å². The van der Waals surface area contributed by atoms with Crippen LogP contribution < -0.4 is 4.74 Å². The molecule has 0 bridgehead atoms. The number of carbonyl (C=O) groups is 1. The third kappa shape index (κ3) is 4.28. The maximum atomic E-state index is 14.2. The first-order valence-corrected chi connectivity index (χ1v) is 9.41. The smallest absolute Gasteiger partial charge is 0.460 e. The number of alkyl halides is 7. The molecule has 0 saturated heterocycles. The van der Waals surface area contributed by atoms with E-state index >= 15 is 0 Å². The van der Waals surface area contributed by atoms with Gasteiger partial charge in [0.1, 0.15) is 11.5 Å². The lowest BCUT2D eigenvalue weighted by atomic mass is 9.79. The normalized spacial score (nSPS) is 20.4. The third-order valence-corrected chi connectivity index (χ3v) is 5.38.